The van der Waals surface area contributed by atoms with E-state index >= 15 is 0 Å². The summed E-state index contributed by atoms with van der Waals surface area (Å²) >= 11 is 3.42. The second-order valence-electron chi connectivity index (χ2n) is 20.2. The number of benzene rings is 16. The molecule has 2 nitrogen and oxygen atoms in total. The van der Waals surface area contributed by atoms with Gasteiger partial charge in [0.25, 0.3) is 0 Å². The quantitative estimate of drug-likeness (QED) is 0.129. The van der Waals surface area contributed by atoms with Crippen molar-refractivity contribution in [3.8, 4) is 55.6 Å². The lowest BCUT2D eigenvalue weighted by molar-refractivity contribution is 0.426. The van der Waals surface area contributed by atoms with Gasteiger partial charge in [-0.05, 0) is 181 Å². The average Bonchev–Trinajstić information content (AvgIpc) is 0.706. The molecular weight excluding hydrogens is 1080 g/mol. The molecule has 396 valence electrons. The molecule has 16 aromatic carbocycles. The van der Waals surface area contributed by atoms with E-state index in [9.17, 15) is 15.5 Å². The van der Waals surface area contributed by atoms with Gasteiger partial charge in [-0.3, -0.25) is 0 Å². The van der Waals surface area contributed by atoms with Crippen LogP contribution in [0.1, 0.15) is 21.9 Å². The Hall–Kier alpha value is -9.94. The first-order valence-electron chi connectivity index (χ1n) is 35.2. The predicted molar refractivity (Wildman–Crippen MR) is 364 cm³/mol. The molecule has 4 heteroatoms. The summed E-state index contributed by atoms with van der Waals surface area (Å²) in [6, 6.07) is 64.7. The maximum Gasteiger partial charge on any atom is 0.488 e. The zero-order valence-corrected chi connectivity index (χ0v) is 46.2. The van der Waals surface area contributed by atoms with Gasteiger partial charge in [0.15, 0.2) is 0 Å². The van der Waals surface area contributed by atoms with Crippen molar-refractivity contribution >= 4 is 115 Å². The van der Waals surface area contributed by atoms with Gasteiger partial charge >= 0.3 is 7.12 Å². The Morgan fingerprint density at radius 2 is 0.583 bits per heavy atom. The summed E-state index contributed by atoms with van der Waals surface area (Å²) in [6.07, 6.45) is 0. The third-order valence-electron chi connectivity index (χ3n) is 15.3. The van der Waals surface area contributed by atoms with Crippen LogP contribution < -0.4 is 5.46 Å². The molecule has 0 fully saturated rings. The van der Waals surface area contributed by atoms with Crippen molar-refractivity contribution in [3.05, 3.63) is 320 Å². The lowest BCUT2D eigenvalue weighted by Gasteiger charge is -2.18. The Labute approximate surface area is 519 Å². The van der Waals surface area contributed by atoms with Crippen LogP contribution in [0.3, 0.4) is 0 Å². The monoisotopic (exact) mass is 1150 g/mol. The average molecular weight is 1150 g/mol. The van der Waals surface area contributed by atoms with Crippen molar-refractivity contribution in [2.75, 3.05) is 0 Å². The van der Waals surface area contributed by atoms with Crippen molar-refractivity contribution in [2.24, 2.45) is 0 Å². The summed E-state index contributed by atoms with van der Waals surface area (Å²) in [6.45, 7) is 0. The fourth-order valence-corrected chi connectivity index (χ4v) is 12.0. The molecule has 0 heterocycles. The molecule has 16 aromatic rings. The molecule has 16 rings (SSSR count). The molecule has 0 spiro atoms. The molecule has 84 heavy (non-hydrogen) atoms. The molecular formula is C80H54BBrO2. The third-order valence-corrected chi connectivity index (χ3v) is 16.1. The minimum Gasteiger partial charge on any atom is -0.423 e. The van der Waals surface area contributed by atoms with Crippen molar-refractivity contribution in [1.29, 1.82) is 0 Å². The van der Waals surface area contributed by atoms with E-state index in [2.05, 4.69) is 34.1 Å². The highest BCUT2D eigenvalue weighted by Crippen LogP contribution is 2.46. The predicted octanol–water partition coefficient (Wildman–Crippen LogP) is 21.1. The molecule has 0 aliphatic carbocycles. The molecule has 0 saturated heterocycles. The maximum absolute atomic E-state index is 9.26. The molecule has 0 unspecified atom stereocenters. The normalized spacial score (nSPS) is 13.9. The zero-order valence-electron chi connectivity index (χ0n) is 60.6. The van der Waals surface area contributed by atoms with Crippen LogP contribution >= 0.6 is 15.9 Å². The maximum atomic E-state index is 9.26. The molecule has 0 radical (unpaired) electrons. The van der Waals surface area contributed by atoms with Crippen LogP contribution in [0.2, 0.25) is 0 Å². The van der Waals surface area contributed by atoms with Crippen LogP contribution in [0.5, 0.6) is 0 Å². The van der Waals surface area contributed by atoms with Gasteiger partial charge in [0.05, 0.1) is 21.9 Å². The van der Waals surface area contributed by atoms with E-state index in [1.807, 2.05) is 194 Å². The Kier molecular flexibility index (Phi) is 10.1. The first-order chi connectivity index (χ1) is 48.1. The highest BCUT2D eigenvalue weighted by atomic mass is 79.9. The molecule has 0 aliphatic rings. The molecule has 0 amide bonds. The Morgan fingerprint density at radius 3 is 1.02 bits per heavy atom. The second kappa shape index (κ2) is 22.8. The van der Waals surface area contributed by atoms with E-state index in [1.54, 1.807) is 6.07 Å². The molecule has 0 aromatic heterocycles. The number of rotatable bonds is 6. The lowest BCUT2D eigenvalue weighted by atomic mass is 9.79. The fraction of sp³-hybridized carbons (Fsp3) is 0. The number of hydrogen-bond acceptors (Lipinski definition) is 2. The largest absolute Gasteiger partial charge is 0.488 e. The van der Waals surface area contributed by atoms with Gasteiger partial charge in [-0.15, -0.1) is 0 Å². The standard InChI is InChI=1S/C40H26.C24H15Br.C16H13BO2/c1-2-13-29-25-32(24-23-27(29)11-1)40-37-20-7-5-18-35(37)39(36-19-6-8-21-38(36)40)31-16-9-15-30(26-31)34-22-10-14-28-12-3-4-17-33(28)34;25-24-21-11-5-3-9-19(21)23(20-10-4-6-12-22(20)24)18-14-13-16-7-1-2-8-17(16)15-18;18-17(19)14-8-3-7-13(11-14)16-10-4-6-12-5-1-2-9-15(12)16/h1-26H;1-15H;1-11,18-19H/i5D,6D,7D,8D,18D,19D,20D,21D;3D,4D,5D,6D,9D,10D,11D,12D;. The summed E-state index contributed by atoms with van der Waals surface area (Å²) in [7, 11) is -1.44. The Bertz CT molecular complexity index is 5970. The molecule has 0 aliphatic heterocycles. The van der Waals surface area contributed by atoms with Crippen molar-refractivity contribution in [1.82, 2.24) is 0 Å². The van der Waals surface area contributed by atoms with Gasteiger partial charge in [-0.25, -0.2) is 0 Å². The van der Waals surface area contributed by atoms with E-state index in [0.717, 1.165) is 60.0 Å². The van der Waals surface area contributed by atoms with Crippen molar-refractivity contribution in [3.63, 3.8) is 0 Å². The van der Waals surface area contributed by atoms with Crippen molar-refractivity contribution in [2.45, 2.75) is 0 Å². The fourth-order valence-electron chi connectivity index (χ4n) is 11.4. The number of fused-ring (bicyclic) bond motifs is 8. The first-order valence-corrected chi connectivity index (χ1v) is 28.0. The van der Waals surface area contributed by atoms with Gasteiger partial charge < -0.3 is 10.0 Å². The minimum atomic E-state index is -1.44. The molecule has 0 atom stereocenters. The summed E-state index contributed by atoms with van der Waals surface area (Å²) in [4.78, 5) is 0. The molecule has 0 bridgehead atoms. The van der Waals surface area contributed by atoms with Crippen LogP contribution in [-0.2, 0) is 0 Å². The van der Waals surface area contributed by atoms with Gasteiger partial charge in [-0.2, -0.15) is 0 Å². The van der Waals surface area contributed by atoms with E-state index in [4.69, 9.17) is 16.4 Å². The minimum absolute atomic E-state index is 0.182. The van der Waals surface area contributed by atoms with E-state index in [0.29, 0.717) is 38.8 Å². The van der Waals surface area contributed by atoms with Crippen LogP contribution in [0.15, 0.2) is 320 Å². The smallest absolute Gasteiger partial charge is 0.423 e. The number of hydrogen-bond donors (Lipinski definition) is 2. The summed E-state index contributed by atoms with van der Waals surface area (Å²) < 4.78 is 139. The SMILES string of the molecule is OB(O)c1cccc(-c2cccc3ccccc23)c1.[2H]c1c([2H])c([2H])c2c(-c3ccc4ccccc4c3)c3c([2H])c([2H])c([2H])c([2H])c3c(-c3cccc(-c4cccc5ccccc45)c3)c2c1[2H].[2H]c1c([2H])c([2H])c2c(-c3ccc4ccccc4c3)c3c([2H])c([2H])c([2H])c([2H])c3c(Br)c2c1[2H]. The van der Waals surface area contributed by atoms with E-state index in [1.165, 1.54) is 5.39 Å². The van der Waals surface area contributed by atoms with Crippen LogP contribution in [0.4, 0.5) is 0 Å². The van der Waals surface area contributed by atoms with Gasteiger partial charge in [-0.1, -0.05) is 297 Å². The van der Waals surface area contributed by atoms with Crippen LogP contribution in [-0.4, -0.2) is 17.2 Å². The first kappa shape index (κ1) is 37.2. The lowest BCUT2D eigenvalue weighted by Crippen LogP contribution is -2.29. The van der Waals surface area contributed by atoms with Crippen molar-refractivity contribution < 1.29 is 32.0 Å². The molecule has 2 N–H and O–H groups in total. The topological polar surface area (TPSA) is 40.5 Å². The van der Waals surface area contributed by atoms with E-state index < -0.39 is 55.5 Å². The summed E-state index contributed by atoms with van der Waals surface area (Å²) in [5.41, 5.74) is 7.24. The summed E-state index contributed by atoms with van der Waals surface area (Å²) in [5.74, 6) is 0. The Balaban J connectivity index is 0.000000141. The third kappa shape index (κ3) is 9.87. The zero-order chi connectivity index (χ0) is 70.4. The second-order valence-corrected chi connectivity index (χ2v) is 21.0. The molecule has 0 saturated carbocycles. The van der Waals surface area contributed by atoms with Crippen LogP contribution in [0, 0.1) is 0 Å². The summed E-state index contributed by atoms with van der Waals surface area (Å²) in [5, 5.41) is 28.3. The van der Waals surface area contributed by atoms with Gasteiger partial charge in [0, 0.05) is 4.47 Å². The van der Waals surface area contributed by atoms with Crippen LogP contribution in [0.25, 0.3) is 142 Å². The number of halogens is 1. The van der Waals surface area contributed by atoms with Gasteiger partial charge in [0.1, 0.15) is 0 Å². The highest BCUT2D eigenvalue weighted by molar-refractivity contribution is 9.10. The Morgan fingerprint density at radius 1 is 0.262 bits per heavy atom. The van der Waals surface area contributed by atoms with E-state index in [-0.39, 0.29) is 95.9 Å². The van der Waals surface area contributed by atoms with Gasteiger partial charge in [0.2, 0.25) is 0 Å². The highest BCUT2D eigenvalue weighted by Gasteiger charge is 2.19.